The van der Waals surface area contributed by atoms with Crippen molar-refractivity contribution in [3.63, 3.8) is 0 Å². The van der Waals surface area contributed by atoms with Gasteiger partial charge in [-0.05, 0) is 36.2 Å². The van der Waals surface area contributed by atoms with E-state index in [0.29, 0.717) is 6.04 Å². The van der Waals surface area contributed by atoms with Crippen LogP contribution in [0.2, 0.25) is 0 Å². The molecule has 3 aromatic rings. The molecule has 20 heavy (non-hydrogen) atoms. The molecule has 0 bridgehead atoms. The van der Waals surface area contributed by atoms with E-state index >= 15 is 0 Å². The number of thiazole rings is 1. The first-order chi connectivity index (χ1) is 9.86. The minimum absolute atomic E-state index is 0.446. The molecular weight excluding hydrogens is 264 g/mol. The fourth-order valence-corrected chi connectivity index (χ4v) is 3.27. The third-order valence-corrected chi connectivity index (χ3v) is 4.49. The maximum Gasteiger partial charge on any atom is 0.0794 e. The maximum atomic E-state index is 4.16. The van der Waals surface area contributed by atoms with Crippen LogP contribution in [0.4, 0.5) is 0 Å². The summed E-state index contributed by atoms with van der Waals surface area (Å²) in [5, 5.41) is 6.11. The second-order valence-corrected chi connectivity index (χ2v) is 5.97. The molecule has 2 aromatic carbocycles. The summed E-state index contributed by atoms with van der Waals surface area (Å²) in [6, 6.07) is 15.6. The van der Waals surface area contributed by atoms with E-state index in [2.05, 4.69) is 52.8 Å². The van der Waals surface area contributed by atoms with E-state index in [1.165, 1.54) is 21.2 Å². The minimum Gasteiger partial charge on any atom is -0.316 e. The zero-order valence-corrected chi connectivity index (χ0v) is 12.4. The highest BCUT2D eigenvalue weighted by Crippen LogP contribution is 2.21. The number of fused-ring (bicyclic) bond motifs is 1. The number of nitrogens with zero attached hydrogens (tertiary/aromatic N) is 1. The van der Waals surface area contributed by atoms with Crippen LogP contribution in [-0.2, 0) is 12.8 Å². The first-order valence-electron chi connectivity index (χ1n) is 6.88. The van der Waals surface area contributed by atoms with Crippen LogP contribution >= 0.6 is 11.3 Å². The van der Waals surface area contributed by atoms with Crippen LogP contribution in [0, 0.1) is 0 Å². The number of hydrogen-bond acceptors (Lipinski definition) is 3. The Morgan fingerprint density at radius 2 is 1.95 bits per heavy atom. The van der Waals surface area contributed by atoms with Gasteiger partial charge in [0.05, 0.1) is 5.51 Å². The summed E-state index contributed by atoms with van der Waals surface area (Å²) in [7, 11) is 2.04. The molecule has 1 aromatic heterocycles. The molecule has 0 spiro atoms. The predicted octanol–water partition coefficient (Wildman–Crippen LogP) is 3.67. The lowest BCUT2D eigenvalue weighted by molar-refractivity contribution is 0.561. The number of likely N-dealkylation sites (N-methyl/N-ethyl adjacent to an activating group) is 1. The van der Waals surface area contributed by atoms with E-state index in [0.717, 1.165) is 12.8 Å². The van der Waals surface area contributed by atoms with E-state index < -0.39 is 0 Å². The van der Waals surface area contributed by atoms with Crippen molar-refractivity contribution < 1.29 is 0 Å². The molecule has 0 amide bonds. The zero-order valence-electron chi connectivity index (χ0n) is 11.5. The van der Waals surface area contributed by atoms with Crippen LogP contribution < -0.4 is 5.32 Å². The van der Waals surface area contributed by atoms with Gasteiger partial charge in [-0.1, -0.05) is 42.5 Å². The fraction of sp³-hybridized carbons (Fsp3) is 0.235. The zero-order chi connectivity index (χ0) is 13.8. The summed E-state index contributed by atoms with van der Waals surface area (Å²) in [5.74, 6) is 0. The third kappa shape index (κ3) is 2.89. The van der Waals surface area contributed by atoms with Crippen molar-refractivity contribution in [2.75, 3.05) is 7.05 Å². The molecule has 0 saturated heterocycles. The predicted molar refractivity (Wildman–Crippen MR) is 86.3 cm³/mol. The second-order valence-electron chi connectivity index (χ2n) is 5.00. The van der Waals surface area contributed by atoms with Crippen molar-refractivity contribution in [2.24, 2.45) is 0 Å². The summed E-state index contributed by atoms with van der Waals surface area (Å²) >= 11 is 1.73. The van der Waals surface area contributed by atoms with E-state index in [4.69, 9.17) is 0 Å². The number of aromatic nitrogens is 1. The largest absolute Gasteiger partial charge is 0.316 e. The van der Waals surface area contributed by atoms with E-state index in [1.54, 1.807) is 11.3 Å². The van der Waals surface area contributed by atoms with Crippen LogP contribution in [-0.4, -0.2) is 18.1 Å². The molecule has 3 heteroatoms. The Morgan fingerprint density at radius 3 is 2.75 bits per heavy atom. The highest BCUT2D eigenvalue weighted by Gasteiger charge is 2.11. The smallest absolute Gasteiger partial charge is 0.0794 e. The molecule has 3 rings (SSSR count). The van der Waals surface area contributed by atoms with Crippen molar-refractivity contribution in [2.45, 2.75) is 18.9 Å². The Kier molecular flexibility index (Phi) is 4.09. The van der Waals surface area contributed by atoms with E-state index in [9.17, 15) is 0 Å². The van der Waals surface area contributed by atoms with Crippen LogP contribution in [0.15, 0.2) is 54.2 Å². The van der Waals surface area contributed by atoms with Gasteiger partial charge in [-0.3, -0.25) is 4.98 Å². The van der Waals surface area contributed by atoms with Gasteiger partial charge in [0.1, 0.15) is 0 Å². The average molecular weight is 282 g/mol. The Bertz CT molecular complexity index is 671. The van der Waals surface area contributed by atoms with Gasteiger partial charge < -0.3 is 5.32 Å². The second kappa shape index (κ2) is 6.16. The molecule has 0 saturated carbocycles. The Balaban J connectivity index is 1.84. The molecule has 2 nitrogen and oxygen atoms in total. The molecule has 0 aliphatic rings. The van der Waals surface area contributed by atoms with Crippen molar-refractivity contribution in [3.05, 3.63) is 64.6 Å². The van der Waals surface area contributed by atoms with Crippen molar-refractivity contribution in [1.82, 2.24) is 10.3 Å². The molecule has 0 radical (unpaired) electrons. The lowest BCUT2D eigenvalue weighted by Crippen LogP contribution is -2.29. The fourth-order valence-electron chi connectivity index (χ4n) is 2.60. The summed E-state index contributed by atoms with van der Waals surface area (Å²) in [5.41, 5.74) is 3.31. The molecular formula is C17H18N2S. The number of rotatable bonds is 5. The number of hydrogen-bond donors (Lipinski definition) is 1. The summed E-state index contributed by atoms with van der Waals surface area (Å²) in [6.07, 6.45) is 4.04. The molecule has 0 aliphatic carbocycles. The highest BCUT2D eigenvalue weighted by atomic mass is 32.1. The average Bonchev–Trinajstić information content (AvgIpc) is 3.00. The van der Waals surface area contributed by atoms with Gasteiger partial charge in [0.15, 0.2) is 0 Å². The van der Waals surface area contributed by atoms with Crippen LogP contribution in [0.3, 0.4) is 0 Å². The van der Waals surface area contributed by atoms with Crippen molar-refractivity contribution in [1.29, 1.82) is 0 Å². The topological polar surface area (TPSA) is 24.9 Å². The summed E-state index contributed by atoms with van der Waals surface area (Å²) in [6.45, 7) is 0. The number of benzene rings is 2. The van der Waals surface area contributed by atoms with E-state index in [-0.39, 0.29) is 0 Å². The Morgan fingerprint density at radius 1 is 1.10 bits per heavy atom. The molecule has 0 aliphatic heterocycles. The first-order valence-corrected chi connectivity index (χ1v) is 7.76. The van der Waals surface area contributed by atoms with Gasteiger partial charge >= 0.3 is 0 Å². The summed E-state index contributed by atoms with van der Waals surface area (Å²) < 4.78 is 0. The third-order valence-electron chi connectivity index (χ3n) is 3.69. The van der Waals surface area contributed by atoms with Crippen molar-refractivity contribution in [3.8, 4) is 0 Å². The standard InChI is InChI=1S/C17H18N2S/c1-18-15(10-16-11-19-12-20-16)9-14-7-4-6-13-5-2-3-8-17(13)14/h2-8,11-12,15,18H,9-10H2,1H3. The van der Waals surface area contributed by atoms with Gasteiger partial charge in [0.25, 0.3) is 0 Å². The lowest BCUT2D eigenvalue weighted by Gasteiger charge is -2.16. The van der Waals surface area contributed by atoms with Gasteiger partial charge in [0.2, 0.25) is 0 Å². The molecule has 1 atom stereocenters. The minimum atomic E-state index is 0.446. The van der Waals surface area contributed by atoms with Gasteiger partial charge in [0, 0.05) is 17.1 Å². The SMILES string of the molecule is CNC(Cc1cncs1)Cc1cccc2ccccc12. The molecule has 102 valence electrons. The monoisotopic (exact) mass is 282 g/mol. The van der Waals surface area contributed by atoms with Gasteiger partial charge in [-0.2, -0.15) is 0 Å². The lowest BCUT2D eigenvalue weighted by atomic mass is 9.97. The number of nitrogens with one attached hydrogen (secondary N) is 1. The van der Waals surface area contributed by atoms with E-state index in [1.807, 2.05) is 18.8 Å². The van der Waals surface area contributed by atoms with Crippen LogP contribution in [0.1, 0.15) is 10.4 Å². The normalized spacial score (nSPS) is 12.7. The molecule has 0 fully saturated rings. The summed E-state index contributed by atoms with van der Waals surface area (Å²) in [4.78, 5) is 5.49. The van der Waals surface area contributed by atoms with Crippen LogP contribution in [0.5, 0.6) is 0 Å². The highest BCUT2D eigenvalue weighted by molar-refractivity contribution is 7.09. The first kappa shape index (κ1) is 13.3. The van der Waals surface area contributed by atoms with Crippen LogP contribution in [0.25, 0.3) is 10.8 Å². The molecule has 1 N–H and O–H groups in total. The Labute approximate surface area is 123 Å². The molecule has 1 heterocycles. The Hall–Kier alpha value is -1.71. The maximum absolute atomic E-state index is 4.16. The van der Waals surface area contributed by atoms with Crippen molar-refractivity contribution >= 4 is 22.1 Å². The quantitative estimate of drug-likeness (QED) is 0.772. The molecule has 1 unspecified atom stereocenters. The van der Waals surface area contributed by atoms with Gasteiger partial charge in [-0.25, -0.2) is 0 Å². The van der Waals surface area contributed by atoms with Gasteiger partial charge in [-0.15, -0.1) is 11.3 Å².